The maximum absolute atomic E-state index is 14.3. The molecule has 7 nitrogen and oxygen atoms in total. The van der Waals surface area contributed by atoms with Crippen molar-refractivity contribution in [3.8, 4) is 5.75 Å². The van der Waals surface area contributed by atoms with Crippen LogP contribution in [0.25, 0.3) is 0 Å². The molecule has 10 heteroatoms. The van der Waals surface area contributed by atoms with Gasteiger partial charge in [0.2, 0.25) is 5.91 Å². The highest BCUT2D eigenvalue weighted by molar-refractivity contribution is 6.42. The number of hydrogen-bond acceptors (Lipinski definition) is 5. The average Bonchev–Trinajstić information content (AvgIpc) is 3.24. The summed E-state index contributed by atoms with van der Waals surface area (Å²) in [7, 11) is 1.67. The van der Waals surface area contributed by atoms with Gasteiger partial charge in [0.05, 0.1) is 16.1 Å². The molecule has 4 atom stereocenters. The Bertz CT molecular complexity index is 851. The molecule has 0 aromatic heterocycles. The molecule has 4 fully saturated rings. The van der Waals surface area contributed by atoms with E-state index in [0.717, 1.165) is 12.8 Å². The first kappa shape index (κ1) is 21.6. The van der Waals surface area contributed by atoms with E-state index in [2.05, 4.69) is 16.1 Å². The molecule has 0 radical (unpaired) electrons. The first-order valence-corrected chi connectivity index (χ1v) is 10.8. The van der Waals surface area contributed by atoms with E-state index < -0.39 is 18.3 Å². The molecule has 4 unspecified atom stereocenters. The smallest absolute Gasteiger partial charge is 0.258 e. The van der Waals surface area contributed by atoms with E-state index in [1.165, 1.54) is 5.01 Å². The van der Waals surface area contributed by atoms with Crippen LogP contribution < -0.4 is 20.8 Å². The van der Waals surface area contributed by atoms with Crippen molar-refractivity contribution in [2.45, 2.75) is 56.0 Å². The molecule has 4 aliphatic rings. The molecule has 1 aliphatic heterocycles. The van der Waals surface area contributed by atoms with Crippen LogP contribution in [0.4, 0.5) is 4.39 Å². The largest absolute Gasteiger partial charge is 0.484 e. The molecule has 2 amide bonds. The molecule has 0 spiro atoms. The second-order valence-corrected chi connectivity index (χ2v) is 9.41. The quantitative estimate of drug-likeness (QED) is 0.607. The SMILES string of the molecule is CC1NN(C)C(C(=O)NC2CC3(NC(=O)COc4ccc(Cl)c(Cl)c4)CC2C3)C1F. The minimum atomic E-state index is -1.27. The summed E-state index contributed by atoms with van der Waals surface area (Å²) in [5.74, 6) is 0.206. The average molecular weight is 459 g/mol. The van der Waals surface area contributed by atoms with Crippen molar-refractivity contribution in [3.63, 3.8) is 0 Å². The summed E-state index contributed by atoms with van der Waals surface area (Å²) in [5.41, 5.74) is 2.59. The summed E-state index contributed by atoms with van der Waals surface area (Å²) in [5, 5.41) is 8.34. The first-order valence-electron chi connectivity index (χ1n) is 10.00. The number of nitrogens with zero attached hydrogens (tertiary/aromatic N) is 1. The van der Waals surface area contributed by atoms with Crippen molar-refractivity contribution in [2.75, 3.05) is 13.7 Å². The third-order valence-electron chi connectivity index (χ3n) is 6.35. The number of ether oxygens (including phenoxy) is 1. The summed E-state index contributed by atoms with van der Waals surface area (Å²) in [6.45, 7) is 1.58. The van der Waals surface area contributed by atoms with Gasteiger partial charge in [-0.2, -0.15) is 0 Å². The Labute approximate surface area is 184 Å². The van der Waals surface area contributed by atoms with Gasteiger partial charge >= 0.3 is 0 Å². The number of carbonyl (C=O) groups excluding carboxylic acids is 2. The monoisotopic (exact) mass is 458 g/mol. The van der Waals surface area contributed by atoms with Crippen LogP contribution in [-0.4, -0.2) is 60.3 Å². The summed E-state index contributed by atoms with van der Waals surface area (Å²) in [4.78, 5) is 25.0. The number of rotatable bonds is 6. The predicted molar refractivity (Wildman–Crippen MR) is 111 cm³/mol. The van der Waals surface area contributed by atoms with Crippen molar-refractivity contribution in [1.82, 2.24) is 21.1 Å². The fraction of sp³-hybridized carbons (Fsp3) is 0.600. The highest BCUT2D eigenvalue weighted by atomic mass is 35.5. The van der Waals surface area contributed by atoms with E-state index in [4.69, 9.17) is 27.9 Å². The second kappa shape index (κ2) is 8.15. The van der Waals surface area contributed by atoms with E-state index >= 15 is 0 Å². The number of likely N-dealkylation sites (N-methyl/N-ethyl adjacent to an activating group) is 1. The van der Waals surface area contributed by atoms with Crippen LogP contribution in [-0.2, 0) is 9.59 Å². The number of hydrogen-bond donors (Lipinski definition) is 3. The van der Waals surface area contributed by atoms with E-state index in [1.807, 2.05) is 0 Å². The van der Waals surface area contributed by atoms with Gasteiger partial charge < -0.3 is 15.4 Å². The van der Waals surface area contributed by atoms with E-state index in [-0.39, 0.29) is 30.0 Å². The highest BCUT2D eigenvalue weighted by Crippen LogP contribution is 2.52. The normalized spacial score (nSPS) is 35.0. The Morgan fingerprint density at radius 1 is 1.30 bits per heavy atom. The number of benzene rings is 1. The maximum Gasteiger partial charge on any atom is 0.258 e. The molecular weight excluding hydrogens is 434 g/mol. The van der Waals surface area contributed by atoms with E-state index in [0.29, 0.717) is 28.1 Å². The van der Waals surface area contributed by atoms with Crippen molar-refractivity contribution in [3.05, 3.63) is 28.2 Å². The summed E-state index contributed by atoms with van der Waals surface area (Å²) in [6, 6.07) is 3.51. The van der Waals surface area contributed by atoms with Crippen molar-refractivity contribution < 1.29 is 18.7 Å². The fourth-order valence-electron chi connectivity index (χ4n) is 4.90. The van der Waals surface area contributed by atoms with Crippen LogP contribution in [0, 0.1) is 5.92 Å². The Morgan fingerprint density at radius 2 is 2.03 bits per heavy atom. The van der Waals surface area contributed by atoms with Gasteiger partial charge in [0.15, 0.2) is 6.61 Å². The third kappa shape index (κ3) is 4.10. The molecule has 2 bridgehead atoms. The molecule has 3 N–H and O–H groups in total. The first-order chi connectivity index (χ1) is 14.2. The summed E-state index contributed by atoms with van der Waals surface area (Å²) < 4.78 is 19.8. The number of nitrogens with one attached hydrogen (secondary N) is 3. The summed E-state index contributed by atoms with van der Waals surface area (Å²) in [6.07, 6.45) is 0.965. The number of alkyl halides is 1. The van der Waals surface area contributed by atoms with Gasteiger partial charge in [-0.25, -0.2) is 14.8 Å². The van der Waals surface area contributed by atoms with E-state index in [1.54, 1.807) is 32.2 Å². The number of hydrazine groups is 1. The van der Waals surface area contributed by atoms with Crippen LogP contribution in [0.3, 0.4) is 0 Å². The maximum atomic E-state index is 14.3. The van der Waals surface area contributed by atoms with Gasteiger partial charge in [0.25, 0.3) is 5.91 Å². The van der Waals surface area contributed by atoms with Gasteiger partial charge in [-0.15, -0.1) is 0 Å². The Balaban J connectivity index is 1.27. The van der Waals surface area contributed by atoms with Crippen LogP contribution in [0.2, 0.25) is 10.0 Å². The number of halogens is 3. The van der Waals surface area contributed by atoms with Gasteiger partial charge in [0.1, 0.15) is 18.0 Å². The standard InChI is InChI=1S/C20H25Cl2FN4O3/c1-10-17(23)18(27(2)26-10)19(29)24-15-8-20(6-11(15)7-20)25-16(28)9-30-12-3-4-13(21)14(22)5-12/h3-5,10-11,15,17-18,26H,6-9H2,1-2H3,(H,24,29)(H,25,28). The number of carbonyl (C=O) groups is 2. The number of amides is 2. The number of fused-ring (bicyclic) bond motifs is 1. The predicted octanol–water partition coefficient (Wildman–Crippen LogP) is 2.07. The Hall–Kier alpha value is -1.61. The molecular formula is C20H25Cl2FN4O3. The van der Waals surface area contributed by atoms with Gasteiger partial charge in [-0.1, -0.05) is 23.2 Å². The second-order valence-electron chi connectivity index (χ2n) is 8.60. The van der Waals surface area contributed by atoms with Crippen molar-refractivity contribution in [2.24, 2.45) is 5.92 Å². The minimum Gasteiger partial charge on any atom is -0.484 e. The molecule has 3 saturated carbocycles. The molecule has 30 heavy (non-hydrogen) atoms. The molecule has 1 aromatic carbocycles. The summed E-state index contributed by atoms with van der Waals surface area (Å²) >= 11 is 11.8. The van der Waals surface area contributed by atoms with Crippen LogP contribution >= 0.6 is 23.2 Å². The topological polar surface area (TPSA) is 82.7 Å². The third-order valence-corrected chi connectivity index (χ3v) is 7.09. The minimum absolute atomic E-state index is 0.0645. The van der Waals surface area contributed by atoms with Gasteiger partial charge in [-0.05, 0) is 44.2 Å². The zero-order valence-corrected chi connectivity index (χ0v) is 18.3. The molecule has 1 heterocycles. The van der Waals surface area contributed by atoms with Crippen LogP contribution in [0.5, 0.6) is 5.75 Å². The zero-order chi connectivity index (χ0) is 21.6. The van der Waals surface area contributed by atoms with Crippen molar-refractivity contribution in [1.29, 1.82) is 0 Å². The Kier molecular flexibility index (Phi) is 5.87. The molecule has 1 saturated heterocycles. The van der Waals surface area contributed by atoms with Gasteiger partial charge in [0, 0.05) is 24.7 Å². The molecule has 164 valence electrons. The van der Waals surface area contributed by atoms with Crippen molar-refractivity contribution >= 4 is 35.0 Å². The fourth-order valence-corrected chi connectivity index (χ4v) is 5.19. The lowest BCUT2D eigenvalue weighted by Gasteiger charge is -2.39. The highest BCUT2D eigenvalue weighted by Gasteiger charge is 2.57. The van der Waals surface area contributed by atoms with Crippen LogP contribution in [0.15, 0.2) is 18.2 Å². The van der Waals surface area contributed by atoms with Crippen LogP contribution in [0.1, 0.15) is 26.2 Å². The van der Waals surface area contributed by atoms with Gasteiger partial charge in [-0.3, -0.25) is 9.59 Å². The lowest BCUT2D eigenvalue weighted by atomic mass is 9.76. The zero-order valence-electron chi connectivity index (χ0n) is 16.8. The molecule has 5 rings (SSSR count). The lowest BCUT2D eigenvalue weighted by molar-refractivity contribution is -0.128. The lowest BCUT2D eigenvalue weighted by Crippen LogP contribution is -2.53. The molecule has 1 aromatic rings. The molecule has 3 aliphatic carbocycles. The Morgan fingerprint density at radius 3 is 2.67 bits per heavy atom. The van der Waals surface area contributed by atoms with E-state index in [9.17, 15) is 14.0 Å².